The highest BCUT2D eigenvalue weighted by atomic mass is 19.3. The van der Waals surface area contributed by atoms with Crippen molar-refractivity contribution < 1.29 is 17.9 Å². The fourth-order valence-electron chi connectivity index (χ4n) is 1.46. The first-order valence-electron chi connectivity index (χ1n) is 4.67. The van der Waals surface area contributed by atoms with E-state index in [9.17, 15) is 13.2 Å². The van der Waals surface area contributed by atoms with Gasteiger partial charge in [-0.15, -0.1) is 0 Å². The van der Waals surface area contributed by atoms with Crippen molar-refractivity contribution in [3.63, 3.8) is 0 Å². The zero-order chi connectivity index (χ0) is 11.5. The largest absolute Gasteiger partial charge is 0.345 e. The zero-order valence-corrected chi connectivity index (χ0v) is 8.24. The van der Waals surface area contributed by atoms with Crippen LogP contribution in [0.1, 0.15) is 0 Å². The second kappa shape index (κ2) is 4.52. The van der Waals surface area contributed by atoms with Gasteiger partial charge < -0.3 is 9.30 Å². The number of benzene rings is 1. The third-order valence-corrected chi connectivity index (χ3v) is 2.16. The average molecular weight is 230 g/mol. The van der Waals surface area contributed by atoms with Crippen molar-refractivity contribution in [1.82, 2.24) is 9.55 Å². The second-order valence-corrected chi connectivity index (χ2v) is 3.20. The van der Waals surface area contributed by atoms with Crippen LogP contribution in [0, 0.1) is 5.82 Å². The van der Waals surface area contributed by atoms with Gasteiger partial charge >= 0.3 is 6.61 Å². The third kappa shape index (κ3) is 2.33. The minimum Gasteiger partial charge on any atom is -0.328 e. The number of hydrogen-bond donors (Lipinski definition) is 0. The van der Waals surface area contributed by atoms with Crippen molar-refractivity contribution in [3.8, 4) is 0 Å². The average Bonchev–Trinajstić information content (AvgIpc) is 2.60. The Labute approximate surface area is 89.5 Å². The summed E-state index contributed by atoms with van der Waals surface area (Å²) in [6.45, 7) is -2.63. The molecule has 6 heteroatoms. The van der Waals surface area contributed by atoms with E-state index < -0.39 is 6.61 Å². The topological polar surface area (TPSA) is 27.1 Å². The Kier molecular flexibility index (Phi) is 3.09. The van der Waals surface area contributed by atoms with Crippen molar-refractivity contribution in [3.05, 3.63) is 30.3 Å². The van der Waals surface area contributed by atoms with Crippen LogP contribution in [0.15, 0.2) is 24.5 Å². The molecule has 16 heavy (non-hydrogen) atoms. The standard InChI is InChI=1S/C10H9F3N2O/c11-7-1-2-9-8(5-7)14-6-15(9)3-4-16-10(12)13/h1-2,5-6,10H,3-4H2. The Hall–Kier alpha value is -1.56. The summed E-state index contributed by atoms with van der Waals surface area (Å²) < 4.78 is 42.1. The number of nitrogens with zero attached hydrogens (tertiary/aromatic N) is 2. The van der Waals surface area contributed by atoms with Gasteiger partial charge in [0.25, 0.3) is 0 Å². The quantitative estimate of drug-likeness (QED) is 0.806. The fourth-order valence-corrected chi connectivity index (χ4v) is 1.46. The van der Waals surface area contributed by atoms with Gasteiger partial charge in [-0.25, -0.2) is 9.37 Å². The molecule has 0 saturated heterocycles. The van der Waals surface area contributed by atoms with E-state index in [0.29, 0.717) is 11.0 Å². The number of alkyl halides is 2. The molecule has 0 saturated carbocycles. The van der Waals surface area contributed by atoms with E-state index in [1.165, 1.54) is 18.5 Å². The highest BCUT2D eigenvalue weighted by Gasteiger charge is 2.05. The highest BCUT2D eigenvalue weighted by Crippen LogP contribution is 2.14. The predicted octanol–water partition coefficient (Wildman–Crippen LogP) is 2.41. The lowest BCUT2D eigenvalue weighted by Gasteiger charge is -2.04. The molecular formula is C10H9F3N2O. The molecule has 0 aliphatic rings. The summed E-state index contributed by atoms with van der Waals surface area (Å²) in [5, 5.41) is 0. The van der Waals surface area contributed by atoms with E-state index in [2.05, 4.69) is 9.72 Å². The molecule has 0 atom stereocenters. The van der Waals surface area contributed by atoms with Gasteiger partial charge in [-0.2, -0.15) is 8.78 Å². The minimum atomic E-state index is -2.77. The van der Waals surface area contributed by atoms with E-state index >= 15 is 0 Å². The first kappa shape index (κ1) is 10.9. The lowest BCUT2D eigenvalue weighted by molar-refractivity contribution is -0.130. The molecule has 0 amide bonds. The lowest BCUT2D eigenvalue weighted by Crippen LogP contribution is -2.08. The SMILES string of the molecule is Fc1ccc2c(c1)ncn2CCOC(F)F. The van der Waals surface area contributed by atoms with Crippen LogP contribution in [0.5, 0.6) is 0 Å². The van der Waals surface area contributed by atoms with Crippen molar-refractivity contribution in [2.75, 3.05) is 6.61 Å². The number of imidazole rings is 1. The molecule has 86 valence electrons. The highest BCUT2D eigenvalue weighted by molar-refractivity contribution is 5.75. The molecule has 0 spiro atoms. The monoisotopic (exact) mass is 230 g/mol. The number of ether oxygens (including phenoxy) is 1. The fraction of sp³-hybridized carbons (Fsp3) is 0.300. The lowest BCUT2D eigenvalue weighted by atomic mass is 10.3. The van der Waals surface area contributed by atoms with Crippen LogP contribution in [0.2, 0.25) is 0 Å². The third-order valence-electron chi connectivity index (χ3n) is 2.16. The van der Waals surface area contributed by atoms with Crippen molar-refractivity contribution in [2.24, 2.45) is 0 Å². The van der Waals surface area contributed by atoms with E-state index in [1.54, 1.807) is 10.6 Å². The Morgan fingerprint density at radius 3 is 2.94 bits per heavy atom. The maximum absolute atomic E-state index is 12.8. The Morgan fingerprint density at radius 1 is 1.38 bits per heavy atom. The van der Waals surface area contributed by atoms with E-state index in [4.69, 9.17) is 0 Å². The first-order valence-corrected chi connectivity index (χ1v) is 4.67. The summed E-state index contributed by atoms with van der Waals surface area (Å²) in [6.07, 6.45) is 1.47. The van der Waals surface area contributed by atoms with Crippen LogP contribution in [0.4, 0.5) is 13.2 Å². The maximum Gasteiger partial charge on any atom is 0.345 e. The predicted molar refractivity (Wildman–Crippen MR) is 51.6 cm³/mol. The first-order chi connectivity index (χ1) is 7.66. The van der Waals surface area contributed by atoms with Crippen molar-refractivity contribution in [2.45, 2.75) is 13.2 Å². The molecule has 1 heterocycles. The van der Waals surface area contributed by atoms with Gasteiger partial charge in [0.1, 0.15) is 5.82 Å². The van der Waals surface area contributed by atoms with E-state index in [1.807, 2.05) is 0 Å². The van der Waals surface area contributed by atoms with Gasteiger partial charge in [0.15, 0.2) is 0 Å². The summed E-state index contributed by atoms with van der Waals surface area (Å²) >= 11 is 0. The number of fused-ring (bicyclic) bond motifs is 1. The van der Waals surface area contributed by atoms with Crippen LogP contribution in [-0.2, 0) is 11.3 Å². The molecule has 0 bridgehead atoms. The molecule has 0 aliphatic carbocycles. The van der Waals surface area contributed by atoms with Crippen molar-refractivity contribution in [1.29, 1.82) is 0 Å². The molecule has 0 radical (unpaired) electrons. The van der Waals surface area contributed by atoms with Crippen LogP contribution < -0.4 is 0 Å². The number of halogens is 3. The molecule has 0 unspecified atom stereocenters. The molecular weight excluding hydrogens is 221 g/mol. The Bertz CT molecular complexity index is 484. The summed E-state index contributed by atoms with van der Waals surface area (Å²) in [6, 6.07) is 4.15. The van der Waals surface area contributed by atoms with E-state index in [-0.39, 0.29) is 19.0 Å². The molecule has 0 fully saturated rings. The molecule has 1 aromatic heterocycles. The number of hydrogen-bond acceptors (Lipinski definition) is 2. The molecule has 2 aromatic rings. The normalized spacial score (nSPS) is 11.5. The number of rotatable bonds is 4. The molecule has 0 aliphatic heterocycles. The van der Waals surface area contributed by atoms with Gasteiger partial charge in [-0.05, 0) is 12.1 Å². The molecule has 1 aromatic carbocycles. The van der Waals surface area contributed by atoms with E-state index in [0.717, 1.165) is 0 Å². The zero-order valence-electron chi connectivity index (χ0n) is 8.24. The second-order valence-electron chi connectivity index (χ2n) is 3.20. The minimum absolute atomic E-state index is 0.111. The summed E-state index contributed by atoms with van der Waals surface area (Å²) in [7, 11) is 0. The summed E-state index contributed by atoms with van der Waals surface area (Å²) in [4.78, 5) is 3.96. The smallest absolute Gasteiger partial charge is 0.328 e. The summed E-state index contributed by atoms with van der Waals surface area (Å²) in [5.41, 5.74) is 1.19. The molecule has 0 N–H and O–H groups in total. The summed E-state index contributed by atoms with van der Waals surface area (Å²) in [5.74, 6) is -0.374. The van der Waals surface area contributed by atoms with Gasteiger partial charge in [0.05, 0.1) is 24.0 Å². The van der Waals surface area contributed by atoms with Crippen LogP contribution in [0.25, 0.3) is 11.0 Å². The number of aromatic nitrogens is 2. The van der Waals surface area contributed by atoms with Gasteiger partial charge in [0.2, 0.25) is 0 Å². The Morgan fingerprint density at radius 2 is 2.19 bits per heavy atom. The van der Waals surface area contributed by atoms with Crippen LogP contribution in [-0.4, -0.2) is 22.8 Å². The molecule has 2 rings (SSSR count). The van der Waals surface area contributed by atoms with Gasteiger partial charge in [-0.3, -0.25) is 0 Å². The van der Waals surface area contributed by atoms with Gasteiger partial charge in [0, 0.05) is 12.6 Å². The molecule has 3 nitrogen and oxygen atoms in total. The van der Waals surface area contributed by atoms with Crippen LogP contribution >= 0.6 is 0 Å². The van der Waals surface area contributed by atoms with Gasteiger partial charge in [-0.1, -0.05) is 0 Å². The maximum atomic E-state index is 12.8. The van der Waals surface area contributed by atoms with Crippen molar-refractivity contribution >= 4 is 11.0 Å². The Balaban J connectivity index is 2.13. The van der Waals surface area contributed by atoms with Crippen LogP contribution in [0.3, 0.4) is 0 Å².